The molecule has 0 saturated carbocycles. The van der Waals surface area contributed by atoms with E-state index in [-0.39, 0.29) is 12.2 Å². The van der Waals surface area contributed by atoms with Gasteiger partial charge in [0.25, 0.3) is 0 Å². The molecule has 1 heterocycles. The number of aliphatic hydroxyl groups is 1. The molecule has 2 aromatic rings. The van der Waals surface area contributed by atoms with Crippen molar-refractivity contribution in [1.29, 1.82) is 0 Å². The quantitative estimate of drug-likeness (QED) is 0.871. The zero-order valence-electron chi connectivity index (χ0n) is 14.4. The van der Waals surface area contributed by atoms with Crippen LogP contribution in [0.3, 0.4) is 0 Å². The zero-order valence-corrected chi connectivity index (χ0v) is 14.4. The highest BCUT2D eigenvalue weighted by molar-refractivity contribution is 6.00. The maximum absolute atomic E-state index is 12.5. The Balaban J connectivity index is 2.21. The number of esters is 1. The number of benzene rings is 2. The van der Waals surface area contributed by atoms with Crippen LogP contribution in [0.1, 0.15) is 18.1 Å². The molecule has 1 aliphatic heterocycles. The average molecular weight is 340 g/mol. The van der Waals surface area contributed by atoms with Crippen LogP contribution in [0.5, 0.6) is 11.5 Å². The minimum absolute atomic E-state index is 0.0991. The SMILES string of the molecule is COC(=O)C1=C(C)c2ccccc2OCC1(O)c1ccc(OC)cc1. The summed E-state index contributed by atoms with van der Waals surface area (Å²) in [6.07, 6.45) is 0. The number of hydrogen-bond donors (Lipinski definition) is 1. The molecule has 0 bridgehead atoms. The van der Waals surface area contributed by atoms with Crippen LogP contribution in [0.15, 0.2) is 54.1 Å². The molecule has 2 aromatic carbocycles. The number of methoxy groups -OCH3 is 2. The Kier molecular flexibility index (Phi) is 4.51. The molecule has 5 heteroatoms. The minimum atomic E-state index is -1.64. The number of allylic oxidation sites excluding steroid dienone is 1. The van der Waals surface area contributed by atoms with Gasteiger partial charge in [0, 0.05) is 5.56 Å². The second-order valence-corrected chi connectivity index (χ2v) is 5.87. The highest BCUT2D eigenvalue weighted by Gasteiger charge is 2.43. The van der Waals surface area contributed by atoms with Gasteiger partial charge in [-0.25, -0.2) is 4.79 Å². The van der Waals surface area contributed by atoms with Crippen LogP contribution >= 0.6 is 0 Å². The van der Waals surface area contributed by atoms with Gasteiger partial charge in [-0.3, -0.25) is 0 Å². The van der Waals surface area contributed by atoms with Crippen molar-refractivity contribution in [1.82, 2.24) is 0 Å². The first-order valence-corrected chi connectivity index (χ1v) is 7.90. The minimum Gasteiger partial charge on any atom is -0.497 e. The fraction of sp³-hybridized carbons (Fsp3) is 0.250. The van der Waals surface area contributed by atoms with E-state index >= 15 is 0 Å². The maximum Gasteiger partial charge on any atom is 0.337 e. The standard InChI is InChI=1S/C20H20O5/c1-13-16-6-4-5-7-17(16)25-12-20(22,18(13)19(21)24-3)14-8-10-15(23-2)11-9-14/h4-11,22H,12H2,1-3H3. The number of ether oxygens (including phenoxy) is 3. The van der Waals surface area contributed by atoms with Crippen molar-refractivity contribution in [2.45, 2.75) is 12.5 Å². The van der Waals surface area contributed by atoms with Gasteiger partial charge < -0.3 is 19.3 Å². The number of fused-ring (bicyclic) bond motifs is 1. The molecule has 25 heavy (non-hydrogen) atoms. The number of rotatable bonds is 3. The lowest BCUT2D eigenvalue weighted by atomic mass is 9.83. The first-order valence-electron chi connectivity index (χ1n) is 7.90. The van der Waals surface area contributed by atoms with Gasteiger partial charge in [0.05, 0.1) is 19.8 Å². The molecule has 1 aliphatic rings. The fourth-order valence-corrected chi connectivity index (χ4v) is 3.12. The first-order chi connectivity index (χ1) is 12.0. The Hall–Kier alpha value is -2.79. The van der Waals surface area contributed by atoms with Gasteiger partial charge in [0.1, 0.15) is 18.1 Å². The van der Waals surface area contributed by atoms with Gasteiger partial charge in [-0.2, -0.15) is 0 Å². The molecule has 0 saturated heterocycles. The Morgan fingerprint density at radius 1 is 1.12 bits per heavy atom. The first kappa shape index (κ1) is 17.0. The predicted octanol–water partition coefficient (Wildman–Crippen LogP) is 2.92. The average Bonchev–Trinajstić information content (AvgIpc) is 2.77. The number of para-hydroxylation sites is 1. The van der Waals surface area contributed by atoms with Gasteiger partial charge in [-0.05, 0) is 36.3 Å². The van der Waals surface area contributed by atoms with Crippen molar-refractivity contribution >= 4 is 11.5 Å². The van der Waals surface area contributed by atoms with Crippen molar-refractivity contribution in [3.63, 3.8) is 0 Å². The molecule has 0 fully saturated rings. The zero-order chi connectivity index (χ0) is 18.0. The van der Waals surface area contributed by atoms with E-state index in [1.165, 1.54) is 7.11 Å². The van der Waals surface area contributed by atoms with Crippen LogP contribution in [0.25, 0.3) is 5.57 Å². The topological polar surface area (TPSA) is 65.0 Å². The van der Waals surface area contributed by atoms with Crippen LogP contribution in [0.2, 0.25) is 0 Å². The van der Waals surface area contributed by atoms with E-state index in [9.17, 15) is 9.90 Å². The van der Waals surface area contributed by atoms with E-state index in [4.69, 9.17) is 14.2 Å². The summed E-state index contributed by atoms with van der Waals surface area (Å²) in [4.78, 5) is 12.5. The van der Waals surface area contributed by atoms with E-state index in [1.54, 1.807) is 38.3 Å². The third-order valence-corrected chi connectivity index (χ3v) is 4.47. The summed E-state index contributed by atoms with van der Waals surface area (Å²) in [6.45, 7) is 1.69. The number of carbonyl (C=O) groups is 1. The third-order valence-electron chi connectivity index (χ3n) is 4.47. The summed E-state index contributed by atoms with van der Waals surface area (Å²) in [6, 6.07) is 14.3. The van der Waals surface area contributed by atoms with Gasteiger partial charge in [-0.1, -0.05) is 30.3 Å². The lowest BCUT2D eigenvalue weighted by Crippen LogP contribution is -2.38. The van der Waals surface area contributed by atoms with Crippen molar-refractivity contribution in [3.05, 3.63) is 65.2 Å². The largest absolute Gasteiger partial charge is 0.497 e. The second-order valence-electron chi connectivity index (χ2n) is 5.87. The van der Waals surface area contributed by atoms with Crippen molar-refractivity contribution in [3.8, 4) is 11.5 Å². The van der Waals surface area contributed by atoms with Crippen LogP contribution in [-0.4, -0.2) is 31.9 Å². The van der Waals surface area contributed by atoms with Crippen LogP contribution in [0, 0.1) is 0 Å². The molecule has 0 aromatic heterocycles. The summed E-state index contributed by atoms with van der Waals surface area (Å²) in [7, 11) is 2.87. The Bertz CT molecular complexity index is 822. The predicted molar refractivity (Wildman–Crippen MR) is 93.4 cm³/mol. The summed E-state index contributed by atoms with van der Waals surface area (Å²) >= 11 is 0. The van der Waals surface area contributed by atoms with Crippen LogP contribution in [0.4, 0.5) is 0 Å². The van der Waals surface area contributed by atoms with E-state index in [2.05, 4.69) is 0 Å². The maximum atomic E-state index is 12.5. The van der Waals surface area contributed by atoms with Gasteiger partial charge >= 0.3 is 5.97 Å². The van der Waals surface area contributed by atoms with Crippen molar-refractivity contribution < 1.29 is 24.1 Å². The Labute approximate surface area is 146 Å². The highest BCUT2D eigenvalue weighted by Crippen LogP contribution is 2.41. The number of carbonyl (C=O) groups excluding carboxylic acids is 1. The molecule has 130 valence electrons. The molecule has 1 unspecified atom stereocenters. The molecule has 0 radical (unpaired) electrons. The highest BCUT2D eigenvalue weighted by atomic mass is 16.5. The lowest BCUT2D eigenvalue weighted by Gasteiger charge is -2.29. The second kappa shape index (κ2) is 6.61. The van der Waals surface area contributed by atoms with Gasteiger partial charge in [0.15, 0.2) is 5.60 Å². The van der Waals surface area contributed by atoms with Crippen molar-refractivity contribution in [2.24, 2.45) is 0 Å². The summed E-state index contributed by atoms with van der Waals surface area (Å²) in [5, 5.41) is 11.5. The molecule has 1 N–H and O–H groups in total. The summed E-state index contributed by atoms with van der Waals surface area (Å²) in [5.74, 6) is 0.687. The molecule has 0 aliphatic carbocycles. The smallest absolute Gasteiger partial charge is 0.337 e. The molecule has 0 spiro atoms. The van der Waals surface area contributed by atoms with Gasteiger partial charge in [-0.15, -0.1) is 0 Å². The Morgan fingerprint density at radius 3 is 2.44 bits per heavy atom. The lowest BCUT2D eigenvalue weighted by molar-refractivity contribution is -0.139. The van der Waals surface area contributed by atoms with Crippen molar-refractivity contribution in [2.75, 3.05) is 20.8 Å². The molecule has 1 atom stereocenters. The van der Waals surface area contributed by atoms with E-state index in [0.717, 1.165) is 5.56 Å². The van der Waals surface area contributed by atoms with Gasteiger partial charge in [0.2, 0.25) is 0 Å². The van der Waals surface area contributed by atoms with Crippen LogP contribution < -0.4 is 9.47 Å². The molecule has 5 nitrogen and oxygen atoms in total. The Morgan fingerprint density at radius 2 is 1.80 bits per heavy atom. The normalized spacial score (nSPS) is 19.5. The van der Waals surface area contributed by atoms with Crippen LogP contribution in [-0.2, 0) is 15.1 Å². The third kappa shape index (κ3) is 2.87. The summed E-state index contributed by atoms with van der Waals surface area (Å²) in [5.41, 5.74) is 0.444. The molecular formula is C20H20O5. The fourth-order valence-electron chi connectivity index (χ4n) is 3.12. The van der Waals surface area contributed by atoms with E-state index < -0.39 is 11.6 Å². The van der Waals surface area contributed by atoms with E-state index in [0.29, 0.717) is 22.6 Å². The molecule has 0 amide bonds. The monoisotopic (exact) mass is 340 g/mol. The van der Waals surface area contributed by atoms with E-state index in [1.807, 2.05) is 24.3 Å². The number of hydrogen-bond acceptors (Lipinski definition) is 5. The molecule has 3 rings (SSSR count). The molecular weight excluding hydrogens is 320 g/mol. The summed E-state index contributed by atoms with van der Waals surface area (Å²) < 4.78 is 16.0.